The van der Waals surface area contributed by atoms with Crippen LogP contribution in [0, 0.1) is 0 Å². The van der Waals surface area contributed by atoms with Crippen LogP contribution in [-0.4, -0.2) is 0 Å². The molecule has 0 atom stereocenters. The van der Waals surface area contributed by atoms with Crippen molar-refractivity contribution in [2.45, 2.75) is 0 Å². The van der Waals surface area contributed by atoms with Gasteiger partial charge in [-0.3, -0.25) is 0 Å². The molecule has 3 heterocycles. The van der Waals surface area contributed by atoms with Gasteiger partial charge < -0.3 is 28.0 Å². The Balaban J connectivity index is 0.000000113. The zero-order valence-electron chi connectivity index (χ0n) is 72.1. The maximum absolute atomic E-state index is 6.73. The quantitative estimate of drug-likeness (QED) is 0.0961. The first-order chi connectivity index (χ1) is 65.5. The van der Waals surface area contributed by atoms with Crippen LogP contribution < -0.4 is 14.7 Å². The molecule has 6 heteroatoms. The summed E-state index contributed by atoms with van der Waals surface area (Å²) < 4.78 is 20.0. The number of furan rings is 3. The third-order valence-corrected chi connectivity index (χ3v) is 25.4. The monoisotopic (exact) mass is 1690 g/mol. The highest BCUT2D eigenvalue weighted by Gasteiger charge is 2.26. The first-order valence-corrected chi connectivity index (χ1v) is 44.9. The van der Waals surface area contributed by atoms with Crippen LogP contribution >= 0.6 is 0 Å². The van der Waals surface area contributed by atoms with Gasteiger partial charge in [0.1, 0.15) is 16.7 Å². The van der Waals surface area contributed by atoms with Gasteiger partial charge in [0.25, 0.3) is 0 Å². The van der Waals surface area contributed by atoms with Crippen LogP contribution in [-0.2, 0) is 0 Å². The highest BCUT2D eigenvalue weighted by atomic mass is 16.3. The molecule has 0 bridgehead atoms. The second-order valence-corrected chi connectivity index (χ2v) is 33.3. The third-order valence-electron chi connectivity index (χ3n) is 25.4. The van der Waals surface area contributed by atoms with Gasteiger partial charge in [0, 0.05) is 66.4 Å². The summed E-state index contributed by atoms with van der Waals surface area (Å²) >= 11 is 0. The highest BCUT2D eigenvalue weighted by molar-refractivity contribution is 6.24. The van der Waals surface area contributed by atoms with E-state index in [-0.39, 0.29) is 0 Å². The molecule has 0 saturated carbocycles. The Labute approximate surface area is 765 Å². The maximum atomic E-state index is 6.73. The van der Waals surface area contributed by atoms with E-state index >= 15 is 0 Å². The summed E-state index contributed by atoms with van der Waals surface area (Å²) in [6.07, 6.45) is 0. The molecule has 0 N–H and O–H groups in total. The molecule has 0 aliphatic heterocycles. The van der Waals surface area contributed by atoms with Crippen LogP contribution in [0.1, 0.15) is 0 Å². The minimum absolute atomic E-state index is 0.870. The summed E-state index contributed by atoms with van der Waals surface area (Å²) in [4.78, 5) is 6.92. The van der Waals surface area contributed by atoms with Gasteiger partial charge in [0.2, 0.25) is 0 Å². The molecule has 0 radical (unpaired) electrons. The SMILES string of the molecule is c1ccc(-c2ccc(-c3ccc(N(c4cccc(-c5ccccc5)c4)c4cccc5c4oc4ccc6ccccc6c45)cc3)cc2)cc1.c1ccc(-c2ccc(-c3cccc(N(c4ccccc4)c4cccc5c4oc4ccc6ccccc6c45)c3)cc2)cc1.c1ccc(-c2cccc(-c3cccc(N(c4ccccc4)c4cccc5c4oc4ccc6ccccc6c45)c3)c2)cc1. The zero-order valence-corrected chi connectivity index (χ0v) is 72.1. The first kappa shape index (κ1) is 79.1. The molecule has 0 aliphatic carbocycles. The van der Waals surface area contributed by atoms with E-state index in [1.807, 2.05) is 0 Å². The van der Waals surface area contributed by atoms with Crippen LogP contribution in [0.2, 0.25) is 0 Å². The largest absolute Gasteiger partial charge is 0.454 e. The van der Waals surface area contributed by atoms with Crippen molar-refractivity contribution in [3.63, 3.8) is 0 Å². The van der Waals surface area contributed by atoms with Crippen LogP contribution in [0.3, 0.4) is 0 Å². The Morgan fingerprint density at radius 1 is 0.129 bits per heavy atom. The van der Waals surface area contributed by atoms with Crippen molar-refractivity contribution in [1.29, 1.82) is 0 Å². The minimum Gasteiger partial charge on any atom is -0.454 e. The van der Waals surface area contributed by atoms with E-state index in [1.54, 1.807) is 0 Å². The molecule has 132 heavy (non-hydrogen) atoms. The summed E-state index contributed by atoms with van der Waals surface area (Å²) in [5.41, 5.74) is 31.4. The third kappa shape index (κ3) is 15.3. The van der Waals surface area contributed by atoms with Crippen LogP contribution in [0.5, 0.6) is 0 Å². The topological polar surface area (TPSA) is 49.1 Å². The zero-order chi connectivity index (χ0) is 87.6. The van der Waals surface area contributed by atoms with E-state index in [4.69, 9.17) is 13.3 Å². The van der Waals surface area contributed by atoms with Gasteiger partial charge in [-0.25, -0.2) is 0 Å². The average Bonchev–Trinajstić information content (AvgIpc) is 1.59. The van der Waals surface area contributed by atoms with Crippen molar-refractivity contribution in [2.75, 3.05) is 14.7 Å². The molecule has 25 aromatic rings. The predicted molar refractivity (Wildman–Crippen MR) is 556 cm³/mol. The number of benzene rings is 22. The lowest BCUT2D eigenvalue weighted by atomic mass is 9.98. The molecule has 0 fully saturated rings. The lowest BCUT2D eigenvalue weighted by molar-refractivity contribution is 0.669. The molecule has 0 spiro atoms. The van der Waals surface area contributed by atoms with E-state index in [0.717, 1.165) is 134 Å². The molecule has 22 aromatic carbocycles. The van der Waals surface area contributed by atoms with Crippen LogP contribution in [0.25, 0.3) is 176 Å². The Morgan fingerprint density at radius 3 is 0.659 bits per heavy atom. The lowest BCUT2D eigenvalue weighted by Crippen LogP contribution is -2.10. The van der Waals surface area contributed by atoms with E-state index in [9.17, 15) is 0 Å². The summed E-state index contributed by atoms with van der Waals surface area (Å²) in [6, 6.07) is 182. The molecule has 6 nitrogen and oxygen atoms in total. The van der Waals surface area contributed by atoms with Gasteiger partial charge in [-0.15, -0.1) is 0 Å². The number of nitrogens with zero attached hydrogens (tertiary/aromatic N) is 3. The second kappa shape index (κ2) is 35.0. The van der Waals surface area contributed by atoms with E-state index < -0.39 is 0 Å². The predicted octanol–water partition coefficient (Wildman–Crippen LogP) is 36.3. The fourth-order valence-electron chi connectivity index (χ4n) is 19.0. The van der Waals surface area contributed by atoms with Crippen molar-refractivity contribution in [1.82, 2.24) is 0 Å². The van der Waals surface area contributed by atoms with Gasteiger partial charge in [0.15, 0.2) is 16.7 Å². The molecule has 25 rings (SSSR count). The summed E-state index contributed by atoms with van der Waals surface area (Å²) in [5.74, 6) is 0. The molecule has 622 valence electrons. The number of hydrogen-bond donors (Lipinski definition) is 0. The summed E-state index contributed by atoms with van der Waals surface area (Å²) in [7, 11) is 0. The van der Waals surface area contributed by atoms with Gasteiger partial charge in [-0.05, 0) is 225 Å². The molecule has 3 aromatic heterocycles. The second-order valence-electron chi connectivity index (χ2n) is 33.3. The molecule has 0 amide bonds. The van der Waals surface area contributed by atoms with Gasteiger partial charge >= 0.3 is 0 Å². The molecule has 0 unspecified atom stereocenters. The number of hydrogen-bond acceptors (Lipinski definition) is 6. The minimum atomic E-state index is 0.870. The van der Waals surface area contributed by atoms with Gasteiger partial charge in [-0.1, -0.05) is 400 Å². The first-order valence-electron chi connectivity index (χ1n) is 44.9. The standard InChI is InChI=1S/C46H31NO.2C40H27NO/c1-3-11-32(12-4-1)34-21-23-35(24-22-34)36-25-28-39(29-26-36)47(40-17-9-16-38(31-40)33-13-5-2-6-14-33)43-20-10-19-42-45-41-18-8-7-15-37(41)27-30-44(45)48-46(42)43;1-3-12-28(13-4-1)30-15-9-16-31(26-30)32-17-10-20-34(27-32)41(33-18-5-2-6-19-33)37-23-11-22-36-39-35-21-8-7-14-29(35)24-25-38(39)42-40(36)37;1-3-11-28(12-4-1)29-21-23-30(24-22-29)32-14-9-17-34(27-32)41(33-15-5-2-6-16-33)37-20-10-19-36-39-35-18-8-7-13-31(35)25-26-38(39)42-40(36)37/h1-31H;2*1-27H. The number of para-hydroxylation sites is 5. The summed E-state index contributed by atoms with van der Waals surface area (Å²) in [5, 5.41) is 14.1. The van der Waals surface area contributed by atoms with Crippen molar-refractivity contribution in [3.05, 3.63) is 516 Å². The smallest absolute Gasteiger partial charge is 0.159 e. The Kier molecular flexibility index (Phi) is 21.0. The number of anilines is 9. The Morgan fingerprint density at radius 2 is 0.333 bits per heavy atom. The van der Waals surface area contributed by atoms with Gasteiger partial charge in [0.05, 0.1) is 17.1 Å². The van der Waals surface area contributed by atoms with E-state index in [0.29, 0.717) is 0 Å². The molecule has 0 saturated heterocycles. The fourth-order valence-corrected chi connectivity index (χ4v) is 19.0. The lowest BCUT2D eigenvalue weighted by Gasteiger charge is -2.26. The molecular weight excluding hydrogens is 1600 g/mol. The Hall–Kier alpha value is -17.6. The number of rotatable bonds is 16. The van der Waals surface area contributed by atoms with Crippen LogP contribution in [0.4, 0.5) is 51.2 Å². The highest BCUT2D eigenvalue weighted by Crippen LogP contribution is 2.50. The number of fused-ring (bicyclic) bond motifs is 15. The fraction of sp³-hybridized carbons (Fsp3) is 0. The van der Waals surface area contributed by atoms with Crippen LogP contribution in [0.15, 0.2) is 529 Å². The van der Waals surface area contributed by atoms with Crippen molar-refractivity contribution in [3.8, 4) is 77.9 Å². The average molecular weight is 1690 g/mol. The molecule has 0 aliphatic rings. The Bertz CT molecular complexity index is 8490. The van der Waals surface area contributed by atoms with Gasteiger partial charge in [-0.2, -0.15) is 0 Å². The summed E-state index contributed by atoms with van der Waals surface area (Å²) in [6.45, 7) is 0. The maximum Gasteiger partial charge on any atom is 0.159 e. The van der Waals surface area contributed by atoms with Crippen molar-refractivity contribution in [2.24, 2.45) is 0 Å². The van der Waals surface area contributed by atoms with Crippen molar-refractivity contribution >= 4 is 149 Å². The van der Waals surface area contributed by atoms with Crippen molar-refractivity contribution < 1.29 is 13.3 Å². The molecular formula is C126H85N3O3. The van der Waals surface area contributed by atoms with E-state index in [2.05, 4.69) is 530 Å². The normalized spacial score (nSPS) is 11.3. The van der Waals surface area contributed by atoms with E-state index in [1.165, 1.54) is 93.5 Å².